The molecule has 1 amide bonds. The molecule has 3 aromatic carbocycles. The van der Waals surface area contributed by atoms with Crippen molar-refractivity contribution in [3.8, 4) is 0 Å². The van der Waals surface area contributed by atoms with E-state index in [1.54, 1.807) is 36.0 Å². The fraction of sp³-hybridized carbons (Fsp3) is 0.0952. The first kappa shape index (κ1) is 22.5. The Kier molecular flexibility index (Phi) is 7.31. The highest BCUT2D eigenvalue weighted by Crippen LogP contribution is 2.26. The molecule has 2 N–H and O–H groups in total. The standard InChI is InChI=1S/C21H18Cl2N2O3S2/c1-29-17-4-2-3-16(12-17)24-21(26)11-14-5-7-15(8-6-14)25-30(27,28)18-9-10-19(22)20(23)13-18/h2-10,12-13,25H,11H2,1H3,(H,24,26). The predicted molar refractivity (Wildman–Crippen MR) is 124 cm³/mol. The number of carbonyl (C=O) groups excluding carboxylic acids is 1. The van der Waals surface area contributed by atoms with Gasteiger partial charge in [-0.05, 0) is 60.4 Å². The minimum absolute atomic E-state index is 0.00725. The average Bonchev–Trinajstić information content (AvgIpc) is 2.71. The van der Waals surface area contributed by atoms with Gasteiger partial charge < -0.3 is 5.32 Å². The Labute approximate surface area is 189 Å². The van der Waals surface area contributed by atoms with Crippen LogP contribution < -0.4 is 10.0 Å². The molecule has 0 unspecified atom stereocenters. The zero-order valence-electron chi connectivity index (χ0n) is 15.9. The molecule has 0 aliphatic heterocycles. The van der Waals surface area contributed by atoms with Gasteiger partial charge in [-0.2, -0.15) is 0 Å². The van der Waals surface area contributed by atoms with Gasteiger partial charge in [-0.3, -0.25) is 9.52 Å². The van der Waals surface area contributed by atoms with Gasteiger partial charge in [-0.15, -0.1) is 11.8 Å². The molecule has 9 heteroatoms. The van der Waals surface area contributed by atoms with Crippen molar-refractivity contribution in [2.24, 2.45) is 0 Å². The van der Waals surface area contributed by atoms with Crippen LogP contribution in [0.5, 0.6) is 0 Å². The summed E-state index contributed by atoms with van der Waals surface area (Å²) in [7, 11) is -3.81. The molecular weight excluding hydrogens is 463 g/mol. The van der Waals surface area contributed by atoms with Crippen LogP contribution in [-0.4, -0.2) is 20.6 Å². The molecule has 3 aromatic rings. The Bertz CT molecular complexity index is 1170. The third-order valence-corrected chi connectivity index (χ3v) is 6.97. The lowest BCUT2D eigenvalue weighted by molar-refractivity contribution is -0.115. The molecule has 0 aliphatic rings. The minimum Gasteiger partial charge on any atom is -0.326 e. The minimum atomic E-state index is -3.81. The number of rotatable bonds is 7. The Hall–Kier alpha value is -2.19. The van der Waals surface area contributed by atoms with Crippen molar-refractivity contribution in [2.75, 3.05) is 16.3 Å². The maximum Gasteiger partial charge on any atom is 0.261 e. The van der Waals surface area contributed by atoms with E-state index in [1.807, 2.05) is 30.5 Å². The van der Waals surface area contributed by atoms with Gasteiger partial charge in [0.05, 0.1) is 21.4 Å². The van der Waals surface area contributed by atoms with Gasteiger partial charge in [-0.25, -0.2) is 8.42 Å². The van der Waals surface area contributed by atoms with Gasteiger partial charge in [0.25, 0.3) is 10.0 Å². The Morgan fingerprint density at radius 2 is 1.67 bits per heavy atom. The number of hydrogen-bond acceptors (Lipinski definition) is 4. The van der Waals surface area contributed by atoms with E-state index in [9.17, 15) is 13.2 Å². The van der Waals surface area contributed by atoms with Gasteiger partial charge in [0.1, 0.15) is 0 Å². The number of halogens is 2. The van der Waals surface area contributed by atoms with Crippen molar-refractivity contribution < 1.29 is 13.2 Å². The Morgan fingerprint density at radius 3 is 2.33 bits per heavy atom. The highest BCUT2D eigenvalue weighted by atomic mass is 35.5. The molecule has 0 heterocycles. The van der Waals surface area contributed by atoms with Gasteiger partial charge in [0, 0.05) is 16.3 Å². The third kappa shape index (κ3) is 5.92. The molecule has 0 spiro atoms. The molecule has 30 heavy (non-hydrogen) atoms. The first-order valence-corrected chi connectivity index (χ1v) is 12.2. The maximum absolute atomic E-state index is 12.5. The smallest absolute Gasteiger partial charge is 0.261 e. The van der Waals surface area contributed by atoms with Crippen molar-refractivity contribution in [3.05, 3.63) is 82.3 Å². The fourth-order valence-electron chi connectivity index (χ4n) is 2.64. The van der Waals surface area contributed by atoms with Crippen LogP contribution in [0.4, 0.5) is 11.4 Å². The van der Waals surface area contributed by atoms with Crippen LogP contribution in [0.1, 0.15) is 5.56 Å². The second-order valence-corrected chi connectivity index (χ2v) is 9.71. The number of hydrogen-bond donors (Lipinski definition) is 2. The van der Waals surface area contributed by atoms with E-state index in [-0.39, 0.29) is 27.3 Å². The number of sulfonamides is 1. The van der Waals surface area contributed by atoms with E-state index < -0.39 is 10.0 Å². The molecule has 0 saturated heterocycles. The largest absolute Gasteiger partial charge is 0.326 e. The van der Waals surface area contributed by atoms with Crippen molar-refractivity contribution >= 4 is 62.3 Å². The molecule has 156 valence electrons. The van der Waals surface area contributed by atoms with Gasteiger partial charge in [-0.1, -0.05) is 41.4 Å². The molecule has 0 aromatic heterocycles. The highest BCUT2D eigenvalue weighted by Gasteiger charge is 2.16. The van der Waals surface area contributed by atoms with E-state index in [4.69, 9.17) is 23.2 Å². The first-order valence-electron chi connectivity index (χ1n) is 8.77. The van der Waals surface area contributed by atoms with E-state index in [0.29, 0.717) is 5.69 Å². The Morgan fingerprint density at radius 1 is 0.933 bits per heavy atom. The molecule has 0 fully saturated rings. The molecule has 0 atom stereocenters. The molecule has 0 aliphatic carbocycles. The quantitative estimate of drug-likeness (QED) is 0.425. The van der Waals surface area contributed by atoms with E-state index in [0.717, 1.165) is 16.1 Å². The molecule has 0 saturated carbocycles. The lowest BCUT2D eigenvalue weighted by Gasteiger charge is -2.10. The number of benzene rings is 3. The normalized spacial score (nSPS) is 11.2. The average molecular weight is 481 g/mol. The van der Waals surface area contributed by atoms with Crippen LogP contribution in [0.25, 0.3) is 0 Å². The number of carbonyl (C=O) groups is 1. The van der Waals surface area contributed by atoms with E-state index >= 15 is 0 Å². The fourth-order valence-corrected chi connectivity index (χ4v) is 4.55. The zero-order chi connectivity index (χ0) is 21.7. The third-order valence-electron chi connectivity index (χ3n) is 4.13. The summed E-state index contributed by atoms with van der Waals surface area (Å²) in [6.45, 7) is 0. The van der Waals surface area contributed by atoms with Crippen LogP contribution in [0.2, 0.25) is 10.0 Å². The summed E-state index contributed by atoms with van der Waals surface area (Å²) in [5.74, 6) is -0.155. The number of thioether (sulfide) groups is 1. The summed E-state index contributed by atoms with van der Waals surface area (Å²) in [5.41, 5.74) is 1.86. The maximum atomic E-state index is 12.5. The van der Waals surface area contributed by atoms with Crippen molar-refractivity contribution in [3.63, 3.8) is 0 Å². The SMILES string of the molecule is CSc1cccc(NC(=O)Cc2ccc(NS(=O)(=O)c3ccc(Cl)c(Cl)c3)cc2)c1. The second kappa shape index (κ2) is 9.75. The summed E-state index contributed by atoms with van der Waals surface area (Å²) in [5, 5.41) is 3.29. The monoisotopic (exact) mass is 480 g/mol. The highest BCUT2D eigenvalue weighted by molar-refractivity contribution is 7.98. The molecular formula is C21H18Cl2N2O3S2. The summed E-state index contributed by atoms with van der Waals surface area (Å²) in [6, 6.07) is 18.3. The summed E-state index contributed by atoms with van der Waals surface area (Å²) in [6.07, 6.45) is 2.14. The number of amides is 1. The molecule has 0 bridgehead atoms. The number of nitrogens with one attached hydrogen (secondary N) is 2. The van der Waals surface area contributed by atoms with Crippen molar-refractivity contribution in [1.82, 2.24) is 0 Å². The summed E-state index contributed by atoms with van der Waals surface area (Å²) < 4.78 is 27.5. The topological polar surface area (TPSA) is 75.3 Å². The second-order valence-electron chi connectivity index (χ2n) is 6.34. The molecule has 5 nitrogen and oxygen atoms in total. The number of anilines is 2. The van der Waals surface area contributed by atoms with Crippen molar-refractivity contribution in [1.29, 1.82) is 0 Å². The van der Waals surface area contributed by atoms with Crippen LogP contribution in [-0.2, 0) is 21.2 Å². The van der Waals surface area contributed by atoms with Gasteiger partial charge >= 0.3 is 0 Å². The van der Waals surface area contributed by atoms with E-state index in [2.05, 4.69) is 10.0 Å². The van der Waals surface area contributed by atoms with Crippen LogP contribution in [0.3, 0.4) is 0 Å². The van der Waals surface area contributed by atoms with Crippen molar-refractivity contribution in [2.45, 2.75) is 16.2 Å². The summed E-state index contributed by atoms with van der Waals surface area (Å²) in [4.78, 5) is 13.4. The summed E-state index contributed by atoms with van der Waals surface area (Å²) >= 11 is 13.3. The van der Waals surface area contributed by atoms with Gasteiger partial charge in [0.15, 0.2) is 0 Å². The van der Waals surface area contributed by atoms with Crippen LogP contribution in [0, 0.1) is 0 Å². The Balaban J connectivity index is 1.64. The van der Waals surface area contributed by atoms with Crippen LogP contribution >= 0.6 is 35.0 Å². The first-order chi connectivity index (χ1) is 14.3. The molecule has 3 rings (SSSR count). The lowest BCUT2D eigenvalue weighted by Crippen LogP contribution is -2.15. The molecule has 0 radical (unpaired) electrons. The lowest BCUT2D eigenvalue weighted by atomic mass is 10.1. The zero-order valence-corrected chi connectivity index (χ0v) is 19.0. The predicted octanol–water partition coefficient (Wildman–Crippen LogP) is 5.70. The van der Waals surface area contributed by atoms with Crippen LogP contribution in [0.15, 0.2) is 76.5 Å². The van der Waals surface area contributed by atoms with E-state index in [1.165, 1.54) is 18.2 Å². The van der Waals surface area contributed by atoms with Gasteiger partial charge in [0.2, 0.25) is 5.91 Å².